The van der Waals surface area contributed by atoms with Gasteiger partial charge >= 0.3 is 0 Å². The minimum atomic E-state index is 0.484. The number of nitrogens with zero attached hydrogens (tertiary/aromatic N) is 1. The van der Waals surface area contributed by atoms with Crippen molar-refractivity contribution >= 4 is 17.6 Å². The fourth-order valence-electron chi connectivity index (χ4n) is 0.527. The molecule has 1 heterocycles. The molecule has 2 nitrogen and oxygen atoms in total. The van der Waals surface area contributed by atoms with E-state index >= 15 is 0 Å². The molecule has 1 rings (SSSR count). The lowest BCUT2D eigenvalue weighted by Gasteiger charge is -1.72. The predicted molar refractivity (Wildman–Crippen MR) is 40.1 cm³/mol. The van der Waals surface area contributed by atoms with Gasteiger partial charge in [0.15, 0.2) is 11.3 Å². The van der Waals surface area contributed by atoms with Gasteiger partial charge in [-0.3, -0.25) is 4.79 Å². The molecular formula is C7H5NOS. The van der Waals surface area contributed by atoms with Crippen LogP contribution in [-0.2, 0) is 0 Å². The average Bonchev–Trinajstić information content (AvgIpc) is 2.37. The van der Waals surface area contributed by atoms with Gasteiger partial charge in [-0.2, -0.15) is 0 Å². The van der Waals surface area contributed by atoms with Gasteiger partial charge in [0.1, 0.15) is 5.69 Å². The highest BCUT2D eigenvalue weighted by Crippen LogP contribution is 2.05. The van der Waals surface area contributed by atoms with Crippen molar-refractivity contribution in [1.29, 1.82) is 0 Å². The van der Waals surface area contributed by atoms with Crippen LogP contribution in [0.2, 0.25) is 0 Å². The number of aromatic nitrogens is 1. The Morgan fingerprint density at radius 3 is 3.10 bits per heavy atom. The molecule has 0 unspecified atom stereocenters. The maximum absolute atomic E-state index is 10.1. The molecule has 0 bridgehead atoms. The third-order valence-electron chi connectivity index (χ3n) is 0.876. The fraction of sp³-hybridized carbons (Fsp3) is 0.143. The van der Waals surface area contributed by atoms with E-state index in [1.165, 1.54) is 11.3 Å². The third kappa shape index (κ3) is 1.42. The molecule has 0 spiro atoms. The number of hydrogen-bond acceptors (Lipinski definition) is 3. The molecule has 0 saturated heterocycles. The van der Waals surface area contributed by atoms with Crippen LogP contribution in [0.5, 0.6) is 0 Å². The minimum absolute atomic E-state index is 0.484. The normalized spacial score (nSPS) is 8.10. The second-order valence-corrected chi connectivity index (χ2v) is 2.45. The summed E-state index contributed by atoms with van der Waals surface area (Å²) < 4.78 is 0. The zero-order valence-corrected chi connectivity index (χ0v) is 6.23. The molecule has 3 heteroatoms. The highest BCUT2D eigenvalue weighted by molar-refractivity contribution is 7.11. The van der Waals surface area contributed by atoms with Crippen molar-refractivity contribution < 1.29 is 4.79 Å². The van der Waals surface area contributed by atoms with Crippen molar-refractivity contribution in [2.75, 3.05) is 0 Å². The van der Waals surface area contributed by atoms with Gasteiger partial charge in [-0.25, -0.2) is 4.98 Å². The van der Waals surface area contributed by atoms with Crippen LogP contribution < -0.4 is 0 Å². The lowest BCUT2D eigenvalue weighted by atomic mass is 10.5. The summed E-state index contributed by atoms with van der Waals surface area (Å²) in [7, 11) is 0. The molecule has 0 N–H and O–H groups in total. The van der Waals surface area contributed by atoms with Crippen molar-refractivity contribution in [3.05, 3.63) is 16.1 Å². The second-order valence-electron chi connectivity index (χ2n) is 1.56. The first-order valence-corrected chi connectivity index (χ1v) is 3.58. The molecular weight excluding hydrogens is 146 g/mol. The zero-order chi connectivity index (χ0) is 7.40. The molecule has 1 aromatic heterocycles. The molecule has 1 aromatic rings. The molecule has 0 aliphatic heterocycles. The van der Waals surface area contributed by atoms with E-state index in [0.717, 1.165) is 6.29 Å². The van der Waals surface area contributed by atoms with Crippen LogP contribution in [0.15, 0.2) is 5.38 Å². The van der Waals surface area contributed by atoms with Crippen molar-refractivity contribution in [3.8, 4) is 11.8 Å². The summed E-state index contributed by atoms with van der Waals surface area (Å²) in [4.78, 5) is 14.0. The molecule has 0 atom stereocenters. The predicted octanol–water partition coefficient (Wildman–Crippen LogP) is 1.33. The summed E-state index contributed by atoms with van der Waals surface area (Å²) in [6.07, 6.45) is 0.728. The largest absolute Gasteiger partial charge is 0.295 e. The maximum atomic E-state index is 10.1. The van der Waals surface area contributed by atoms with Crippen LogP contribution in [0.4, 0.5) is 0 Å². The van der Waals surface area contributed by atoms with Crippen LogP contribution in [0, 0.1) is 11.8 Å². The van der Waals surface area contributed by atoms with Gasteiger partial charge in [0, 0.05) is 5.38 Å². The molecule has 0 aromatic carbocycles. The molecule has 0 aliphatic rings. The number of carbonyl (C=O) groups is 1. The van der Waals surface area contributed by atoms with E-state index in [1.54, 1.807) is 12.3 Å². The fourth-order valence-corrected chi connectivity index (χ4v) is 1.08. The standard InChI is InChI=1S/C7H5NOS/c1-2-3-6-5-10-7(4-9)8-6/h4-5H,1H3. The maximum Gasteiger partial charge on any atom is 0.178 e. The lowest BCUT2D eigenvalue weighted by Crippen LogP contribution is -1.76. The van der Waals surface area contributed by atoms with Crippen LogP contribution in [0.1, 0.15) is 22.4 Å². The lowest BCUT2D eigenvalue weighted by molar-refractivity contribution is 0.112. The number of rotatable bonds is 1. The van der Waals surface area contributed by atoms with E-state index < -0.39 is 0 Å². The first-order valence-electron chi connectivity index (χ1n) is 2.70. The number of thiazole rings is 1. The van der Waals surface area contributed by atoms with Crippen molar-refractivity contribution in [1.82, 2.24) is 4.98 Å². The van der Waals surface area contributed by atoms with Gasteiger partial charge in [0.25, 0.3) is 0 Å². The average molecular weight is 151 g/mol. The monoisotopic (exact) mass is 151 g/mol. The first-order chi connectivity index (χ1) is 4.86. The van der Waals surface area contributed by atoms with Crippen LogP contribution in [0.3, 0.4) is 0 Å². The van der Waals surface area contributed by atoms with E-state index in [4.69, 9.17) is 0 Å². The number of aldehydes is 1. The van der Waals surface area contributed by atoms with E-state index in [9.17, 15) is 4.79 Å². The Morgan fingerprint density at radius 1 is 1.80 bits per heavy atom. The summed E-state index contributed by atoms with van der Waals surface area (Å²) in [6.45, 7) is 1.74. The number of carbonyl (C=O) groups excluding carboxylic acids is 1. The summed E-state index contributed by atoms with van der Waals surface area (Å²) in [5, 5.41) is 2.25. The number of hydrogen-bond donors (Lipinski definition) is 0. The van der Waals surface area contributed by atoms with E-state index in [-0.39, 0.29) is 0 Å². The van der Waals surface area contributed by atoms with E-state index in [1.807, 2.05) is 0 Å². The Hall–Kier alpha value is -1.14. The Balaban J connectivity index is 2.95. The van der Waals surface area contributed by atoms with E-state index in [2.05, 4.69) is 16.8 Å². The molecule has 0 saturated carbocycles. The summed E-state index contributed by atoms with van der Waals surface area (Å²) >= 11 is 1.31. The Kier molecular flexibility index (Phi) is 2.19. The smallest absolute Gasteiger partial charge is 0.178 e. The van der Waals surface area contributed by atoms with E-state index in [0.29, 0.717) is 10.7 Å². The van der Waals surface area contributed by atoms with Gasteiger partial charge in [0.05, 0.1) is 0 Å². The van der Waals surface area contributed by atoms with Gasteiger partial charge in [-0.15, -0.1) is 11.3 Å². The third-order valence-corrected chi connectivity index (χ3v) is 1.65. The second kappa shape index (κ2) is 3.14. The summed E-state index contributed by atoms with van der Waals surface area (Å²) in [5.74, 6) is 5.45. The topological polar surface area (TPSA) is 30.0 Å². The highest BCUT2D eigenvalue weighted by atomic mass is 32.1. The van der Waals surface area contributed by atoms with Crippen LogP contribution >= 0.6 is 11.3 Å². The molecule has 50 valence electrons. The molecule has 0 radical (unpaired) electrons. The highest BCUT2D eigenvalue weighted by Gasteiger charge is 1.94. The van der Waals surface area contributed by atoms with Gasteiger partial charge < -0.3 is 0 Å². The quantitative estimate of drug-likeness (QED) is 0.447. The van der Waals surface area contributed by atoms with Crippen LogP contribution in [0.25, 0.3) is 0 Å². The Bertz CT molecular complexity index is 292. The summed E-state index contributed by atoms with van der Waals surface area (Å²) in [5.41, 5.74) is 0.676. The summed E-state index contributed by atoms with van der Waals surface area (Å²) in [6, 6.07) is 0. The van der Waals surface area contributed by atoms with Gasteiger partial charge in [-0.05, 0) is 12.8 Å². The zero-order valence-electron chi connectivity index (χ0n) is 5.42. The molecule has 10 heavy (non-hydrogen) atoms. The SMILES string of the molecule is CC#Cc1csc(C=O)n1. The van der Waals surface area contributed by atoms with Crippen molar-refractivity contribution in [2.24, 2.45) is 0 Å². The Labute approximate surface area is 62.9 Å². The Morgan fingerprint density at radius 2 is 2.60 bits per heavy atom. The van der Waals surface area contributed by atoms with Crippen molar-refractivity contribution in [2.45, 2.75) is 6.92 Å². The molecule has 0 aliphatic carbocycles. The van der Waals surface area contributed by atoms with Gasteiger partial charge in [0.2, 0.25) is 0 Å². The minimum Gasteiger partial charge on any atom is -0.295 e. The van der Waals surface area contributed by atoms with Crippen molar-refractivity contribution in [3.63, 3.8) is 0 Å². The molecule has 0 fully saturated rings. The van der Waals surface area contributed by atoms with Gasteiger partial charge in [-0.1, -0.05) is 5.92 Å². The molecule has 0 amide bonds. The van der Waals surface area contributed by atoms with Crippen LogP contribution in [-0.4, -0.2) is 11.3 Å². The first kappa shape index (κ1) is 6.97.